The van der Waals surface area contributed by atoms with Gasteiger partial charge in [0.05, 0.1) is 10.0 Å². The van der Waals surface area contributed by atoms with Gasteiger partial charge >= 0.3 is 0 Å². The van der Waals surface area contributed by atoms with Gasteiger partial charge in [-0.15, -0.1) is 0 Å². The largest absolute Gasteiger partial charge is 0.280 e. The molecule has 0 atom stereocenters. The molecule has 5 heteroatoms. The molecule has 0 amide bonds. The highest BCUT2D eigenvalue weighted by Crippen LogP contribution is 2.30. The van der Waals surface area contributed by atoms with E-state index in [1.54, 1.807) is 0 Å². The summed E-state index contributed by atoms with van der Waals surface area (Å²) in [5.74, 6) is 0. The third-order valence-electron chi connectivity index (χ3n) is 1.45. The number of rotatable bonds is 1. The monoisotopic (exact) mass is 211 g/mol. The average Bonchev–Trinajstić information content (AvgIpc) is 2.00. The molecule has 1 aromatic heterocycles. The van der Waals surface area contributed by atoms with Crippen LogP contribution in [0.1, 0.15) is 17.7 Å². The van der Waals surface area contributed by atoms with E-state index in [0.717, 1.165) is 6.20 Å². The summed E-state index contributed by atoms with van der Waals surface area (Å²) in [4.78, 5) is 3.47. The zero-order valence-corrected chi connectivity index (χ0v) is 7.63. The minimum atomic E-state index is -2.61. The number of hydrogen-bond donors (Lipinski definition) is 0. The van der Waals surface area contributed by atoms with Crippen LogP contribution in [0.25, 0.3) is 0 Å². The van der Waals surface area contributed by atoms with Crippen molar-refractivity contribution in [3.05, 3.63) is 27.5 Å². The second kappa shape index (κ2) is 3.54. The smallest absolute Gasteiger partial charge is 0.253 e. The molecule has 0 aliphatic heterocycles. The number of halogens is 4. The lowest BCUT2D eigenvalue weighted by molar-refractivity contribution is 0.145. The fourth-order valence-electron chi connectivity index (χ4n) is 0.791. The van der Waals surface area contributed by atoms with E-state index in [1.165, 1.54) is 6.92 Å². The topological polar surface area (TPSA) is 12.9 Å². The van der Waals surface area contributed by atoms with Gasteiger partial charge in [0, 0.05) is 6.20 Å². The molecule has 66 valence electrons. The van der Waals surface area contributed by atoms with Gasteiger partial charge in [-0.25, -0.2) is 8.78 Å². The SMILES string of the molecule is Cc1c(C(F)F)ncc(Cl)c1Cl. The van der Waals surface area contributed by atoms with E-state index in [2.05, 4.69) is 4.98 Å². The van der Waals surface area contributed by atoms with Crippen molar-refractivity contribution < 1.29 is 8.78 Å². The van der Waals surface area contributed by atoms with Crippen LogP contribution in [0.2, 0.25) is 10.0 Å². The van der Waals surface area contributed by atoms with Crippen LogP contribution >= 0.6 is 23.2 Å². The van der Waals surface area contributed by atoms with Gasteiger partial charge in [0.1, 0.15) is 5.69 Å². The van der Waals surface area contributed by atoms with Crippen molar-refractivity contribution in [3.8, 4) is 0 Å². The van der Waals surface area contributed by atoms with E-state index in [4.69, 9.17) is 23.2 Å². The predicted molar refractivity (Wildman–Crippen MR) is 44.0 cm³/mol. The van der Waals surface area contributed by atoms with Crippen LogP contribution in [0.4, 0.5) is 8.78 Å². The molecule has 0 aliphatic rings. The lowest BCUT2D eigenvalue weighted by Crippen LogP contribution is -1.95. The Bertz CT molecular complexity index is 302. The fourth-order valence-corrected chi connectivity index (χ4v) is 1.13. The standard InChI is InChI=1S/C7H5Cl2F2N/c1-3-5(9)4(8)2-12-6(3)7(10)11/h2,7H,1H3. The highest BCUT2D eigenvalue weighted by Gasteiger charge is 2.15. The molecule has 0 aliphatic carbocycles. The van der Waals surface area contributed by atoms with E-state index in [0.29, 0.717) is 0 Å². The second-order valence-corrected chi connectivity index (χ2v) is 3.02. The lowest BCUT2D eigenvalue weighted by atomic mass is 10.2. The highest BCUT2D eigenvalue weighted by molar-refractivity contribution is 6.42. The Kier molecular flexibility index (Phi) is 2.85. The molecule has 1 heterocycles. The Morgan fingerprint density at radius 2 is 2.00 bits per heavy atom. The van der Waals surface area contributed by atoms with Crippen molar-refractivity contribution in [1.82, 2.24) is 4.98 Å². The molecule has 0 unspecified atom stereocenters. The Hall–Kier alpha value is -0.410. The van der Waals surface area contributed by atoms with Crippen LogP contribution in [-0.2, 0) is 0 Å². The van der Waals surface area contributed by atoms with Crippen molar-refractivity contribution in [2.75, 3.05) is 0 Å². The second-order valence-electron chi connectivity index (χ2n) is 2.23. The minimum absolute atomic E-state index is 0.141. The Morgan fingerprint density at radius 3 is 2.50 bits per heavy atom. The molecular formula is C7H5Cl2F2N. The first kappa shape index (κ1) is 9.68. The first-order chi connectivity index (χ1) is 5.54. The molecular weight excluding hydrogens is 207 g/mol. The first-order valence-corrected chi connectivity index (χ1v) is 3.88. The number of alkyl halides is 2. The summed E-state index contributed by atoms with van der Waals surface area (Å²) < 4.78 is 24.4. The number of nitrogens with zero attached hydrogens (tertiary/aromatic N) is 1. The molecule has 1 aromatic rings. The maximum Gasteiger partial charge on any atom is 0.280 e. The molecule has 0 bridgehead atoms. The lowest BCUT2D eigenvalue weighted by Gasteiger charge is -2.05. The molecule has 0 aromatic carbocycles. The molecule has 0 saturated heterocycles. The van der Waals surface area contributed by atoms with Crippen LogP contribution < -0.4 is 0 Å². The summed E-state index contributed by atoms with van der Waals surface area (Å²) in [6.45, 7) is 1.46. The number of pyridine rings is 1. The average molecular weight is 212 g/mol. The van der Waals surface area contributed by atoms with E-state index >= 15 is 0 Å². The van der Waals surface area contributed by atoms with E-state index < -0.39 is 6.43 Å². The van der Waals surface area contributed by atoms with Gasteiger partial charge in [-0.2, -0.15) is 0 Å². The van der Waals surface area contributed by atoms with Crippen molar-refractivity contribution in [2.45, 2.75) is 13.3 Å². The summed E-state index contributed by atoms with van der Waals surface area (Å²) in [5.41, 5.74) is -0.0800. The van der Waals surface area contributed by atoms with Gasteiger partial charge in [-0.1, -0.05) is 23.2 Å². The van der Waals surface area contributed by atoms with Gasteiger partial charge in [0.15, 0.2) is 0 Å². The molecule has 12 heavy (non-hydrogen) atoms. The number of aromatic nitrogens is 1. The van der Waals surface area contributed by atoms with Crippen LogP contribution in [0.3, 0.4) is 0 Å². The normalized spacial score (nSPS) is 10.8. The first-order valence-electron chi connectivity index (χ1n) is 3.12. The molecule has 0 saturated carbocycles. The van der Waals surface area contributed by atoms with Gasteiger partial charge in [-0.05, 0) is 12.5 Å². The summed E-state index contributed by atoms with van der Waals surface area (Å²) in [6.07, 6.45) is -1.49. The Labute approximate surface area is 78.3 Å². The summed E-state index contributed by atoms with van der Waals surface area (Å²) in [6, 6.07) is 0. The van der Waals surface area contributed by atoms with E-state index in [-0.39, 0.29) is 21.3 Å². The molecule has 0 fully saturated rings. The zero-order valence-electron chi connectivity index (χ0n) is 6.11. The van der Waals surface area contributed by atoms with Gasteiger partial charge in [0.2, 0.25) is 0 Å². The van der Waals surface area contributed by atoms with Crippen molar-refractivity contribution >= 4 is 23.2 Å². The van der Waals surface area contributed by atoms with Crippen LogP contribution in [-0.4, -0.2) is 4.98 Å². The van der Waals surface area contributed by atoms with Crippen LogP contribution in [0.5, 0.6) is 0 Å². The van der Waals surface area contributed by atoms with Crippen molar-refractivity contribution in [3.63, 3.8) is 0 Å². The maximum absolute atomic E-state index is 12.2. The summed E-state index contributed by atoms with van der Waals surface area (Å²) >= 11 is 11.2. The van der Waals surface area contributed by atoms with Crippen molar-refractivity contribution in [2.24, 2.45) is 0 Å². The number of hydrogen-bond acceptors (Lipinski definition) is 1. The molecule has 0 radical (unpaired) electrons. The minimum Gasteiger partial charge on any atom is -0.253 e. The van der Waals surface area contributed by atoms with Crippen molar-refractivity contribution in [1.29, 1.82) is 0 Å². The third-order valence-corrected chi connectivity index (χ3v) is 2.32. The third kappa shape index (κ3) is 1.67. The van der Waals surface area contributed by atoms with Crippen LogP contribution in [0.15, 0.2) is 6.20 Å². The highest BCUT2D eigenvalue weighted by atomic mass is 35.5. The quantitative estimate of drug-likeness (QED) is 0.692. The molecule has 1 rings (SSSR count). The van der Waals surface area contributed by atoms with Gasteiger partial charge in [0.25, 0.3) is 6.43 Å². The predicted octanol–water partition coefficient (Wildman–Crippen LogP) is 3.63. The molecule has 1 nitrogen and oxygen atoms in total. The van der Waals surface area contributed by atoms with E-state index in [9.17, 15) is 8.78 Å². The maximum atomic E-state index is 12.2. The van der Waals surface area contributed by atoms with Crippen LogP contribution in [0, 0.1) is 6.92 Å². The molecule has 0 spiro atoms. The summed E-state index contributed by atoms with van der Waals surface area (Å²) in [5, 5.41) is 0.334. The summed E-state index contributed by atoms with van der Waals surface area (Å²) in [7, 11) is 0. The zero-order chi connectivity index (χ0) is 9.30. The Morgan fingerprint density at radius 1 is 1.42 bits per heavy atom. The van der Waals surface area contributed by atoms with Gasteiger partial charge < -0.3 is 0 Å². The Balaban J connectivity index is 3.27. The van der Waals surface area contributed by atoms with E-state index in [1.807, 2.05) is 0 Å². The van der Waals surface area contributed by atoms with Gasteiger partial charge in [-0.3, -0.25) is 4.98 Å². The molecule has 0 N–H and O–H groups in total. The fraction of sp³-hybridized carbons (Fsp3) is 0.286.